The Morgan fingerprint density at radius 1 is 1.21 bits per heavy atom. The average Bonchev–Trinajstić information content (AvgIpc) is 2.20. The van der Waals surface area contributed by atoms with E-state index in [1.165, 1.54) is 0 Å². The van der Waals surface area contributed by atoms with Crippen LogP contribution < -0.4 is 10.6 Å². The highest BCUT2D eigenvalue weighted by Gasteiger charge is 2.20. The molecule has 0 saturated carbocycles. The van der Waals surface area contributed by atoms with Crippen molar-refractivity contribution in [1.82, 2.24) is 5.32 Å². The first-order chi connectivity index (χ1) is 8.60. The summed E-state index contributed by atoms with van der Waals surface area (Å²) in [5.41, 5.74) is 1.81. The van der Waals surface area contributed by atoms with E-state index in [-0.39, 0.29) is 17.5 Å². The van der Waals surface area contributed by atoms with Crippen LogP contribution >= 0.6 is 31.9 Å². The van der Waals surface area contributed by atoms with Crippen LogP contribution in [0.2, 0.25) is 0 Å². The van der Waals surface area contributed by atoms with Crippen molar-refractivity contribution in [3.63, 3.8) is 0 Å². The molecule has 0 aromatic heterocycles. The Bertz CT molecular complexity index is 458. The lowest BCUT2D eigenvalue weighted by Gasteiger charge is -2.24. The average molecular weight is 392 g/mol. The molecule has 1 rings (SSSR count). The molecule has 0 saturated heterocycles. The van der Waals surface area contributed by atoms with Crippen molar-refractivity contribution in [3.8, 4) is 0 Å². The Kier molecular flexibility index (Phi) is 5.44. The molecule has 19 heavy (non-hydrogen) atoms. The minimum absolute atomic E-state index is 0.0214. The highest BCUT2D eigenvalue weighted by Crippen LogP contribution is 2.32. The number of hydrogen-bond donors (Lipinski definition) is 2. The topological polar surface area (TPSA) is 41.1 Å². The summed E-state index contributed by atoms with van der Waals surface area (Å²) in [5.74, 6) is -0.0214. The predicted molar refractivity (Wildman–Crippen MR) is 87.6 cm³/mol. The molecule has 0 aliphatic heterocycles. The largest absolute Gasteiger partial charge is 0.372 e. The fraction of sp³-hybridized carbons (Fsp3) is 0.500. The molecule has 1 aromatic carbocycles. The van der Waals surface area contributed by atoms with Gasteiger partial charge in [0, 0.05) is 14.5 Å². The molecule has 106 valence electrons. The van der Waals surface area contributed by atoms with E-state index in [0.717, 1.165) is 20.2 Å². The number of anilines is 1. The van der Waals surface area contributed by atoms with E-state index in [2.05, 4.69) is 42.5 Å². The second kappa shape index (κ2) is 6.27. The van der Waals surface area contributed by atoms with Crippen LogP contribution in [0.3, 0.4) is 0 Å². The fourth-order valence-corrected chi connectivity index (χ4v) is 3.24. The second-order valence-electron chi connectivity index (χ2n) is 5.71. The summed E-state index contributed by atoms with van der Waals surface area (Å²) in [4.78, 5) is 12.0. The van der Waals surface area contributed by atoms with Crippen LogP contribution in [-0.4, -0.2) is 17.5 Å². The van der Waals surface area contributed by atoms with Gasteiger partial charge in [-0.3, -0.25) is 4.79 Å². The van der Waals surface area contributed by atoms with Crippen LogP contribution in [0, 0.1) is 6.92 Å². The van der Waals surface area contributed by atoms with Crippen molar-refractivity contribution in [2.24, 2.45) is 0 Å². The van der Waals surface area contributed by atoms with Crippen LogP contribution in [0.4, 0.5) is 5.69 Å². The van der Waals surface area contributed by atoms with Gasteiger partial charge in [0.1, 0.15) is 6.04 Å². The third-order valence-corrected chi connectivity index (χ3v) is 3.69. The van der Waals surface area contributed by atoms with Gasteiger partial charge in [-0.1, -0.05) is 0 Å². The Morgan fingerprint density at radius 3 is 2.11 bits per heavy atom. The molecule has 1 amide bonds. The van der Waals surface area contributed by atoms with Crippen LogP contribution in [0.25, 0.3) is 0 Å². The molecule has 0 fully saturated rings. The lowest BCUT2D eigenvalue weighted by molar-refractivity contribution is -0.122. The van der Waals surface area contributed by atoms with Crippen molar-refractivity contribution in [3.05, 3.63) is 26.6 Å². The molecule has 0 aliphatic rings. The predicted octanol–water partition coefficient (Wildman–Crippen LogP) is 4.24. The summed E-state index contributed by atoms with van der Waals surface area (Å²) in [7, 11) is 0. The molecular formula is C14H20Br2N2O. The van der Waals surface area contributed by atoms with Gasteiger partial charge in [0.2, 0.25) is 5.91 Å². The smallest absolute Gasteiger partial charge is 0.242 e. The first-order valence-corrected chi connectivity index (χ1v) is 7.73. The summed E-state index contributed by atoms with van der Waals surface area (Å²) in [5, 5.41) is 6.18. The van der Waals surface area contributed by atoms with Crippen molar-refractivity contribution in [2.75, 3.05) is 5.32 Å². The number of halogens is 2. The van der Waals surface area contributed by atoms with E-state index >= 15 is 0 Å². The van der Waals surface area contributed by atoms with Crippen LogP contribution in [-0.2, 0) is 4.79 Å². The molecule has 0 bridgehead atoms. The van der Waals surface area contributed by atoms with Crippen LogP contribution in [0.5, 0.6) is 0 Å². The SMILES string of the molecule is Cc1cc(Br)c(NC(C)C(=O)NC(C)(C)C)c(Br)c1. The van der Waals surface area contributed by atoms with Gasteiger partial charge in [-0.15, -0.1) is 0 Å². The number of benzene rings is 1. The molecule has 0 radical (unpaired) electrons. The highest BCUT2D eigenvalue weighted by molar-refractivity contribution is 9.11. The number of aryl methyl sites for hydroxylation is 1. The number of rotatable bonds is 3. The first-order valence-electron chi connectivity index (χ1n) is 6.14. The maximum atomic E-state index is 12.0. The zero-order chi connectivity index (χ0) is 14.8. The third-order valence-electron chi connectivity index (χ3n) is 2.44. The van der Waals surface area contributed by atoms with E-state index in [4.69, 9.17) is 0 Å². The number of amides is 1. The molecule has 1 aromatic rings. The van der Waals surface area contributed by atoms with Crippen LogP contribution in [0.15, 0.2) is 21.1 Å². The van der Waals surface area contributed by atoms with Gasteiger partial charge in [-0.25, -0.2) is 0 Å². The number of carbonyl (C=O) groups is 1. The van der Waals surface area contributed by atoms with Crippen molar-refractivity contribution in [1.29, 1.82) is 0 Å². The fourth-order valence-electron chi connectivity index (χ4n) is 1.60. The maximum Gasteiger partial charge on any atom is 0.242 e. The van der Waals surface area contributed by atoms with Crippen molar-refractivity contribution >= 4 is 43.5 Å². The Balaban J connectivity index is 2.83. The van der Waals surface area contributed by atoms with Gasteiger partial charge in [0.05, 0.1) is 5.69 Å². The van der Waals surface area contributed by atoms with E-state index < -0.39 is 0 Å². The van der Waals surface area contributed by atoms with E-state index in [9.17, 15) is 4.79 Å². The van der Waals surface area contributed by atoms with E-state index in [1.54, 1.807) is 0 Å². The third kappa shape index (κ3) is 5.15. The summed E-state index contributed by atoms with van der Waals surface area (Å²) >= 11 is 7.03. The summed E-state index contributed by atoms with van der Waals surface area (Å²) in [6, 6.07) is 3.72. The molecule has 0 spiro atoms. The molecule has 0 aliphatic carbocycles. The van der Waals surface area contributed by atoms with Gasteiger partial charge in [-0.05, 0) is 84.2 Å². The Labute approximate surface area is 131 Å². The summed E-state index contributed by atoms with van der Waals surface area (Å²) in [6.07, 6.45) is 0. The maximum absolute atomic E-state index is 12.0. The van der Waals surface area contributed by atoms with Crippen molar-refractivity contribution in [2.45, 2.75) is 46.2 Å². The number of nitrogens with one attached hydrogen (secondary N) is 2. The Hall–Kier alpha value is -0.550. The quantitative estimate of drug-likeness (QED) is 0.809. The number of hydrogen-bond acceptors (Lipinski definition) is 2. The van der Waals surface area contributed by atoms with Gasteiger partial charge in [0.25, 0.3) is 0 Å². The van der Waals surface area contributed by atoms with Gasteiger partial charge in [-0.2, -0.15) is 0 Å². The normalized spacial score (nSPS) is 13.0. The monoisotopic (exact) mass is 390 g/mol. The van der Waals surface area contributed by atoms with E-state index in [0.29, 0.717) is 0 Å². The Morgan fingerprint density at radius 2 is 1.68 bits per heavy atom. The minimum atomic E-state index is -0.311. The van der Waals surface area contributed by atoms with Crippen molar-refractivity contribution < 1.29 is 4.79 Å². The zero-order valence-electron chi connectivity index (χ0n) is 11.9. The van der Waals surface area contributed by atoms with E-state index in [1.807, 2.05) is 46.8 Å². The summed E-state index contributed by atoms with van der Waals surface area (Å²) in [6.45, 7) is 9.77. The zero-order valence-corrected chi connectivity index (χ0v) is 15.1. The molecule has 0 heterocycles. The second-order valence-corrected chi connectivity index (χ2v) is 7.42. The lowest BCUT2D eigenvalue weighted by Crippen LogP contribution is -2.47. The number of carbonyl (C=O) groups excluding carboxylic acids is 1. The lowest BCUT2D eigenvalue weighted by atomic mass is 10.1. The molecule has 2 N–H and O–H groups in total. The highest BCUT2D eigenvalue weighted by atomic mass is 79.9. The van der Waals surface area contributed by atoms with Gasteiger partial charge in [0.15, 0.2) is 0 Å². The summed E-state index contributed by atoms with van der Waals surface area (Å²) < 4.78 is 1.88. The molecular weight excluding hydrogens is 372 g/mol. The molecule has 3 nitrogen and oxygen atoms in total. The molecule has 5 heteroatoms. The minimum Gasteiger partial charge on any atom is -0.372 e. The molecule has 1 unspecified atom stereocenters. The first kappa shape index (κ1) is 16.5. The van der Waals surface area contributed by atoms with Gasteiger partial charge < -0.3 is 10.6 Å². The standard InChI is InChI=1S/C14H20Br2N2O/c1-8-6-10(15)12(11(16)7-8)17-9(2)13(19)18-14(3,4)5/h6-7,9,17H,1-5H3,(H,18,19). The molecule has 1 atom stereocenters. The van der Waals surface area contributed by atoms with Gasteiger partial charge >= 0.3 is 0 Å². The van der Waals surface area contributed by atoms with Crippen LogP contribution in [0.1, 0.15) is 33.3 Å².